The minimum absolute atomic E-state index is 0.0543. The fraction of sp³-hybridized carbons (Fsp3) is 0.0952. The van der Waals surface area contributed by atoms with E-state index in [2.05, 4.69) is 4.98 Å². The number of hydrogen-bond acceptors (Lipinski definition) is 7. The van der Waals surface area contributed by atoms with Crippen LogP contribution in [0.3, 0.4) is 0 Å². The van der Waals surface area contributed by atoms with Crippen LogP contribution in [0.15, 0.2) is 54.7 Å². The molecule has 0 spiro atoms. The lowest BCUT2D eigenvalue weighted by Crippen LogP contribution is -2.33. The van der Waals surface area contributed by atoms with Crippen molar-refractivity contribution < 1.29 is 19.1 Å². The van der Waals surface area contributed by atoms with Crippen LogP contribution in [0, 0.1) is 26.7 Å². The highest BCUT2D eigenvalue weighted by Crippen LogP contribution is 2.28. The molecule has 9 heteroatoms. The minimum Gasteiger partial charge on any atom is -0.710 e. The molecule has 3 aromatic rings. The summed E-state index contributed by atoms with van der Waals surface area (Å²) in [6.45, 7) is -0.0980. The van der Waals surface area contributed by atoms with Crippen molar-refractivity contribution >= 4 is 17.8 Å². The van der Waals surface area contributed by atoms with E-state index in [1.54, 1.807) is 36.4 Å². The van der Waals surface area contributed by atoms with Gasteiger partial charge >= 0.3 is 5.82 Å². The molecule has 0 fully saturated rings. The second-order valence-corrected chi connectivity index (χ2v) is 5.99. The molecular formula is C21H16N4O5. The molecule has 0 amide bonds. The average Bonchev–Trinajstić information content (AvgIpc) is 2.77. The highest BCUT2D eigenvalue weighted by Gasteiger charge is 2.16. The average molecular weight is 404 g/mol. The van der Waals surface area contributed by atoms with E-state index in [1.165, 1.54) is 37.6 Å². The Morgan fingerprint density at radius 1 is 1.20 bits per heavy atom. The van der Waals surface area contributed by atoms with Gasteiger partial charge in [-0.1, -0.05) is 18.2 Å². The Morgan fingerprint density at radius 3 is 2.77 bits per heavy atom. The summed E-state index contributed by atoms with van der Waals surface area (Å²) in [6.07, 6.45) is 4.76. The Hall–Kier alpha value is -4.45. The monoisotopic (exact) mass is 404 g/mol. The van der Waals surface area contributed by atoms with Crippen LogP contribution < -0.4 is 14.2 Å². The minimum atomic E-state index is -0.528. The number of rotatable bonds is 7. The number of non-ortho nitro benzene ring substituents is 1. The first-order chi connectivity index (χ1) is 14.5. The van der Waals surface area contributed by atoms with Crippen LogP contribution in [0.25, 0.3) is 23.5 Å². The van der Waals surface area contributed by atoms with Gasteiger partial charge in [0.2, 0.25) is 0 Å². The Labute approximate surface area is 171 Å². The lowest BCUT2D eigenvalue weighted by Gasteiger charge is -2.10. The molecule has 0 saturated carbocycles. The van der Waals surface area contributed by atoms with Crippen LogP contribution in [-0.4, -0.2) is 23.6 Å². The number of aromatic nitrogens is 2. The van der Waals surface area contributed by atoms with Crippen LogP contribution in [0.2, 0.25) is 0 Å². The Balaban J connectivity index is 1.90. The maximum absolute atomic E-state index is 12.7. The SMILES string of the molecule is COc1cc(/C=C/c2ccnc(-c3cccc([N+](=O)[O-])c3)[n+]2[O-])ccc1OCC#N. The van der Waals surface area contributed by atoms with E-state index in [-0.39, 0.29) is 18.1 Å². The van der Waals surface area contributed by atoms with Gasteiger partial charge in [-0.2, -0.15) is 5.26 Å². The number of nitrogens with zero attached hydrogens (tertiary/aromatic N) is 4. The van der Waals surface area contributed by atoms with Crippen molar-refractivity contribution in [2.75, 3.05) is 13.7 Å². The van der Waals surface area contributed by atoms with E-state index in [0.717, 1.165) is 5.56 Å². The normalized spacial score (nSPS) is 10.5. The van der Waals surface area contributed by atoms with E-state index >= 15 is 0 Å². The van der Waals surface area contributed by atoms with Crippen molar-refractivity contribution in [1.82, 2.24) is 4.98 Å². The molecule has 0 bridgehead atoms. The molecule has 0 aliphatic rings. The number of hydrogen-bond donors (Lipinski definition) is 0. The zero-order valence-corrected chi connectivity index (χ0v) is 15.9. The first-order valence-electron chi connectivity index (χ1n) is 8.72. The van der Waals surface area contributed by atoms with Crippen LogP contribution in [-0.2, 0) is 0 Å². The van der Waals surface area contributed by atoms with Crippen LogP contribution in [0.5, 0.6) is 11.5 Å². The van der Waals surface area contributed by atoms with Crippen molar-refractivity contribution in [2.45, 2.75) is 0 Å². The predicted octanol–water partition coefficient (Wildman–Crippen LogP) is 3.37. The van der Waals surface area contributed by atoms with E-state index < -0.39 is 4.92 Å². The quantitative estimate of drug-likeness (QED) is 0.256. The smallest absolute Gasteiger partial charge is 0.333 e. The number of nitro benzene ring substituents is 1. The lowest BCUT2D eigenvalue weighted by atomic mass is 10.1. The maximum Gasteiger partial charge on any atom is 0.333 e. The summed E-state index contributed by atoms with van der Waals surface area (Å²) in [4.78, 5) is 14.5. The zero-order chi connectivity index (χ0) is 21.5. The van der Waals surface area contributed by atoms with E-state index in [1.807, 2.05) is 6.07 Å². The second kappa shape index (κ2) is 9.16. The molecule has 0 unspecified atom stereocenters. The predicted molar refractivity (Wildman–Crippen MR) is 108 cm³/mol. The molecule has 0 radical (unpaired) electrons. The molecule has 0 atom stereocenters. The largest absolute Gasteiger partial charge is 0.710 e. The molecule has 0 N–H and O–H groups in total. The molecule has 2 aromatic carbocycles. The first-order valence-corrected chi connectivity index (χ1v) is 8.72. The second-order valence-electron chi connectivity index (χ2n) is 5.99. The van der Waals surface area contributed by atoms with Gasteiger partial charge in [-0.05, 0) is 34.8 Å². The summed E-state index contributed by atoms with van der Waals surface area (Å²) in [6, 6.07) is 14.3. The van der Waals surface area contributed by atoms with E-state index in [0.29, 0.717) is 27.5 Å². The third-order valence-electron chi connectivity index (χ3n) is 4.11. The number of nitriles is 1. The van der Waals surface area contributed by atoms with Crippen molar-refractivity contribution in [1.29, 1.82) is 5.26 Å². The Bertz CT molecular complexity index is 1150. The number of nitro groups is 1. The molecule has 0 saturated heterocycles. The summed E-state index contributed by atoms with van der Waals surface area (Å²) in [5.41, 5.74) is 1.26. The van der Waals surface area contributed by atoms with Gasteiger partial charge in [0.25, 0.3) is 5.69 Å². The van der Waals surface area contributed by atoms with Crippen molar-refractivity contribution in [3.05, 3.63) is 81.3 Å². The summed E-state index contributed by atoms with van der Waals surface area (Å²) in [5.74, 6) is 0.944. The van der Waals surface area contributed by atoms with Gasteiger partial charge in [-0.25, -0.2) is 4.73 Å². The standard InChI is InChI=1S/C21H16N4O5/c1-29-20-13-15(6-8-19(20)30-12-10-22)5-7-17-9-11-23-21(24(17)26)16-3-2-4-18(14-16)25(27)28/h2-9,11,13-14H,12H2,1H3/b7-5+. The summed E-state index contributed by atoms with van der Waals surface area (Å²) < 4.78 is 11.2. The molecular weight excluding hydrogens is 388 g/mol. The molecule has 0 aliphatic carbocycles. The number of ether oxygens (including phenoxy) is 2. The Morgan fingerprint density at radius 2 is 2.03 bits per heavy atom. The van der Waals surface area contributed by atoms with Gasteiger partial charge in [0.1, 0.15) is 18.0 Å². The lowest BCUT2D eigenvalue weighted by molar-refractivity contribution is -0.598. The van der Waals surface area contributed by atoms with Crippen molar-refractivity contribution in [2.24, 2.45) is 0 Å². The molecule has 1 heterocycles. The van der Waals surface area contributed by atoms with Crippen molar-refractivity contribution in [3.63, 3.8) is 0 Å². The Kier molecular flexibility index (Phi) is 6.20. The van der Waals surface area contributed by atoms with Gasteiger partial charge < -0.3 is 14.7 Å². The number of methoxy groups -OCH3 is 1. The van der Waals surface area contributed by atoms with Crippen molar-refractivity contribution in [3.8, 4) is 29.0 Å². The topological polar surface area (TPSA) is 125 Å². The van der Waals surface area contributed by atoms with Crippen LogP contribution >= 0.6 is 0 Å². The van der Waals surface area contributed by atoms with Crippen LogP contribution in [0.1, 0.15) is 11.3 Å². The zero-order valence-electron chi connectivity index (χ0n) is 15.9. The van der Waals surface area contributed by atoms with Gasteiger partial charge in [-0.3, -0.25) is 10.1 Å². The third kappa shape index (κ3) is 4.51. The summed E-state index contributed by atoms with van der Waals surface area (Å²) >= 11 is 0. The summed E-state index contributed by atoms with van der Waals surface area (Å²) in [5, 5.41) is 32.3. The molecule has 1 aromatic heterocycles. The van der Waals surface area contributed by atoms with Gasteiger partial charge in [0, 0.05) is 18.2 Å². The van der Waals surface area contributed by atoms with E-state index in [4.69, 9.17) is 14.7 Å². The van der Waals surface area contributed by atoms with Gasteiger partial charge in [0.15, 0.2) is 18.1 Å². The highest BCUT2D eigenvalue weighted by molar-refractivity contribution is 5.69. The van der Waals surface area contributed by atoms with Gasteiger partial charge in [0.05, 0.1) is 17.6 Å². The first kappa shape index (κ1) is 20.3. The highest BCUT2D eigenvalue weighted by atomic mass is 16.6. The molecule has 9 nitrogen and oxygen atoms in total. The molecule has 0 aliphatic heterocycles. The maximum atomic E-state index is 12.7. The third-order valence-corrected chi connectivity index (χ3v) is 4.11. The number of benzene rings is 2. The molecule has 150 valence electrons. The summed E-state index contributed by atoms with van der Waals surface area (Å²) in [7, 11) is 1.49. The fourth-order valence-electron chi connectivity index (χ4n) is 2.70. The van der Waals surface area contributed by atoms with Gasteiger partial charge in [-0.15, -0.1) is 0 Å². The molecule has 3 rings (SSSR count). The molecule has 30 heavy (non-hydrogen) atoms. The fourth-order valence-corrected chi connectivity index (χ4v) is 2.70. The van der Waals surface area contributed by atoms with Crippen LogP contribution in [0.4, 0.5) is 5.69 Å². The van der Waals surface area contributed by atoms with E-state index in [9.17, 15) is 15.3 Å².